The van der Waals surface area contributed by atoms with Crippen molar-refractivity contribution in [2.24, 2.45) is 5.92 Å². The summed E-state index contributed by atoms with van der Waals surface area (Å²) in [6.45, 7) is 6.27. The monoisotopic (exact) mass is 273 g/mol. The second kappa shape index (κ2) is 11.7. The fraction of sp³-hybridized carbons (Fsp3) is 0.632. The highest BCUT2D eigenvalue weighted by Gasteiger charge is 2.04. The van der Waals surface area contributed by atoms with E-state index in [-0.39, 0.29) is 0 Å². The largest absolute Gasteiger partial charge is 0.261 e. The first-order chi connectivity index (χ1) is 9.86. The van der Waals surface area contributed by atoms with Crippen molar-refractivity contribution in [3.63, 3.8) is 0 Å². The van der Waals surface area contributed by atoms with E-state index in [1.807, 2.05) is 12.3 Å². The van der Waals surface area contributed by atoms with Crippen LogP contribution in [0.3, 0.4) is 0 Å². The fourth-order valence-electron chi connectivity index (χ4n) is 2.66. The lowest BCUT2D eigenvalue weighted by Crippen LogP contribution is -1.98. The Morgan fingerprint density at radius 2 is 1.80 bits per heavy atom. The third kappa shape index (κ3) is 8.14. The molecule has 1 rings (SSSR count). The van der Waals surface area contributed by atoms with E-state index in [0.717, 1.165) is 6.42 Å². The van der Waals surface area contributed by atoms with Crippen molar-refractivity contribution in [1.82, 2.24) is 4.98 Å². The molecule has 0 N–H and O–H groups in total. The normalized spacial score (nSPS) is 12.2. The molecule has 0 fully saturated rings. The van der Waals surface area contributed by atoms with E-state index in [4.69, 9.17) is 0 Å². The molecule has 0 aliphatic heterocycles. The fourth-order valence-corrected chi connectivity index (χ4v) is 2.66. The zero-order valence-electron chi connectivity index (χ0n) is 13.2. The van der Waals surface area contributed by atoms with Gasteiger partial charge < -0.3 is 0 Å². The quantitative estimate of drug-likeness (QED) is 0.338. The Morgan fingerprint density at radius 1 is 1.05 bits per heavy atom. The molecule has 20 heavy (non-hydrogen) atoms. The third-order valence-electron chi connectivity index (χ3n) is 4.00. The lowest BCUT2D eigenvalue weighted by atomic mass is 9.94. The van der Waals surface area contributed by atoms with Crippen LogP contribution in [0.2, 0.25) is 0 Å². The van der Waals surface area contributed by atoms with Gasteiger partial charge in [0.15, 0.2) is 0 Å². The van der Waals surface area contributed by atoms with Gasteiger partial charge in [0.1, 0.15) is 0 Å². The summed E-state index contributed by atoms with van der Waals surface area (Å²) in [4.78, 5) is 4.38. The van der Waals surface area contributed by atoms with E-state index >= 15 is 0 Å². The molecule has 1 nitrogen and oxygen atoms in total. The third-order valence-corrected chi connectivity index (χ3v) is 4.00. The van der Waals surface area contributed by atoms with E-state index in [9.17, 15) is 0 Å². The molecular weight excluding hydrogens is 242 g/mol. The molecule has 0 amide bonds. The van der Waals surface area contributed by atoms with E-state index in [0.29, 0.717) is 5.92 Å². The lowest BCUT2D eigenvalue weighted by Gasteiger charge is -2.12. The van der Waals surface area contributed by atoms with Gasteiger partial charge in [-0.25, -0.2) is 0 Å². The molecular formula is C19H31N. The molecule has 0 spiro atoms. The molecule has 112 valence electrons. The molecule has 1 atom stereocenters. The van der Waals surface area contributed by atoms with E-state index < -0.39 is 0 Å². The number of allylic oxidation sites excluding steroid dienone is 1. The molecule has 1 unspecified atom stereocenters. The molecule has 0 saturated carbocycles. The van der Waals surface area contributed by atoms with Crippen LogP contribution in [0, 0.1) is 5.92 Å². The van der Waals surface area contributed by atoms with Crippen LogP contribution in [0.15, 0.2) is 37.1 Å². The maximum Gasteiger partial charge on any atom is 0.0403 e. The van der Waals surface area contributed by atoms with Crippen molar-refractivity contribution >= 4 is 0 Å². The van der Waals surface area contributed by atoms with Gasteiger partial charge in [-0.1, -0.05) is 57.6 Å². The van der Waals surface area contributed by atoms with Gasteiger partial charge in [0.25, 0.3) is 0 Å². The maximum absolute atomic E-state index is 4.38. The van der Waals surface area contributed by atoms with Gasteiger partial charge in [-0.2, -0.15) is 0 Å². The topological polar surface area (TPSA) is 12.9 Å². The molecule has 0 bridgehead atoms. The van der Waals surface area contributed by atoms with Gasteiger partial charge in [-0.05, 0) is 43.7 Å². The Balaban J connectivity index is 2.06. The van der Waals surface area contributed by atoms with Crippen LogP contribution in [-0.4, -0.2) is 4.98 Å². The molecule has 1 heteroatoms. The second-order valence-electron chi connectivity index (χ2n) is 5.77. The van der Waals surface area contributed by atoms with Crippen LogP contribution >= 0.6 is 0 Å². The summed E-state index contributed by atoms with van der Waals surface area (Å²) in [5.74, 6) is 0.699. The van der Waals surface area contributed by atoms with Gasteiger partial charge in [0.2, 0.25) is 0 Å². The molecule has 1 aromatic rings. The van der Waals surface area contributed by atoms with Gasteiger partial charge in [0, 0.05) is 11.9 Å². The van der Waals surface area contributed by atoms with E-state index in [2.05, 4.69) is 36.7 Å². The minimum atomic E-state index is 0.699. The summed E-state index contributed by atoms with van der Waals surface area (Å²) in [6.07, 6.45) is 17.3. The number of hydrogen-bond acceptors (Lipinski definition) is 1. The van der Waals surface area contributed by atoms with Crippen molar-refractivity contribution in [1.29, 1.82) is 0 Å². The first-order valence-electron chi connectivity index (χ1n) is 8.39. The molecule has 1 heterocycles. The first-order valence-corrected chi connectivity index (χ1v) is 8.39. The Hall–Kier alpha value is -1.11. The average Bonchev–Trinajstić information content (AvgIpc) is 2.50. The molecule has 0 saturated heterocycles. The van der Waals surface area contributed by atoms with Crippen molar-refractivity contribution in [2.75, 3.05) is 0 Å². The minimum absolute atomic E-state index is 0.699. The van der Waals surface area contributed by atoms with Crippen LogP contribution in [0.1, 0.15) is 70.4 Å². The van der Waals surface area contributed by atoms with Gasteiger partial charge in [0.05, 0.1) is 0 Å². The average molecular weight is 273 g/mol. The number of unbranched alkanes of at least 4 members (excludes halogenated alkanes) is 5. The van der Waals surface area contributed by atoms with E-state index in [1.54, 1.807) is 0 Å². The van der Waals surface area contributed by atoms with Crippen molar-refractivity contribution in [3.05, 3.63) is 42.7 Å². The highest BCUT2D eigenvalue weighted by Crippen LogP contribution is 2.18. The van der Waals surface area contributed by atoms with Crippen LogP contribution in [0.4, 0.5) is 0 Å². The first kappa shape index (κ1) is 16.9. The maximum atomic E-state index is 4.38. The molecule has 0 radical (unpaired) electrons. The Morgan fingerprint density at radius 3 is 2.50 bits per heavy atom. The van der Waals surface area contributed by atoms with Crippen LogP contribution < -0.4 is 0 Å². The summed E-state index contributed by atoms with van der Waals surface area (Å²) < 4.78 is 0. The molecule has 0 aromatic carbocycles. The van der Waals surface area contributed by atoms with Crippen LogP contribution in [-0.2, 0) is 6.42 Å². The summed E-state index contributed by atoms with van der Waals surface area (Å²) in [7, 11) is 0. The standard InChI is InChI=1S/C19H31N/c1-3-5-6-7-8-9-13-18(4-2)14-12-16-19-15-10-11-17-20-19/h4,10-11,15,17-18H,2-3,5-9,12-14,16H2,1H3. The molecule has 0 aliphatic carbocycles. The number of aromatic nitrogens is 1. The zero-order valence-corrected chi connectivity index (χ0v) is 13.2. The smallest absolute Gasteiger partial charge is 0.0403 e. The predicted octanol–water partition coefficient (Wildman–Crippen LogP) is 5.96. The van der Waals surface area contributed by atoms with Crippen LogP contribution in [0.25, 0.3) is 0 Å². The van der Waals surface area contributed by atoms with Crippen molar-refractivity contribution in [2.45, 2.75) is 71.1 Å². The zero-order chi connectivity index (χ0) is 14.5. The lowest BCUT2D eigenvalue weighted by molar-refractivity contribution is 0.481. The van der Waals surface area contributed by atoms with Gasteiger partial charge >= 0.3 is 0 Å². The summed E-state index contributed by atoms with van der Waals surface area (Å²) in [5, 5.41) is 0. The minimum Gasteiger partial charge on any atom is -0.261 e. The Kier molecular flexibility index (Phi) is 9.91. The number of pyridine rings is 1. The highest BCUT2D eigenvalue weighted by molar-refractivity contribution is 5.03. The van der Waals surface area contributed by atoms with Gasteiger partial charge in [-0.3, -0.25) is 4.98 Å². The number of aryl methyl sites for hydroxylation is 1. The van der Waals surface area contributed by atoms with Crippen LogP contribution in [0.5, 0.6) is 0 Å². The second-order valence-corrected chi connectivity index (χ2v) is 5.77. The van der Waals surface area contributed by atoms with E-state index in [1.165, 1.54) is 63.5 Å². The van der Waals surface area contributed by atoms with Crippen molar-refractivity contribution in [3.8, 4) is 0 Å². The van der Waals surface area contributed by atoms with Crippen molar-refractivity contribution < 1.29 is 0 Å². The van der Waals surface area contributed by atoms with Gasteiger partial charge in [-0.15, -0.1) is 6.58 Å². The Bertz CT molecular complexity index is 331. The predicted molar refractivity (Wildman–Crippen MR) is 88.9 cm³/mol. The summed E-state index contributed by atoms with van der Waals surface area (Å²) in [6, 6.07) is 6.18. The summed E-state index contributed by atoms with van der Waals surface area (Å²) in [5.41, 5.74) is 1.22. The highest BCUT2D eigenvalue weighted by atomic mass is 14.7. The number of nitrogens with zero attached hydrogens (tertiary/aromatic N) is 1. The number of rotatable bonds is 12. The molecule has 1 aromatic heterocycles. The SMILES string of the molecule is C=CC(CCCCCCCC)CCCc1ccccn1. The summed E-state index contributed by atoms with van der Waals surface area (Å²) >= 11 is 0. The molecule has 0 aliphatic rings. The Labute approximate surface area is 125 Å². The number of hydrogen-bond donors (Lipinski definition) is 0.